The van der Waals surface area contributed by atoms with Crippen molar-refractivity contribution in [3.05, 3.63) is 41.1 Å². The second kappa shape index (κ2) is 8.34. The van der Waals surface area contributed by atoms with Crippen LogP contribution in [0.5, 0.6) is 0 Å². The number of nitrogens with one attached hydrogen (secondary N) is 1. The lowest BCUT2D eigenvalue weighted by molar-refractivity contribution is -0.120. The van der Waals surface area contributed by atoms with Crippen LogP contribution in [0.15, 0.2) is 22.8 Å². The molecule has 0 bridgehead atoms. The lowest BCUT2D eigenvalue weighted by Crippen LogP contribution is -2.35. The largest absolute Gasteiger partial charge is 0.468 e. The summed E-state index contributed by atoms with van der Waals surface area (Å²) < 4.78 is 7.49. The first-order valence-corrected chi connectivity index (χ1v) is 8.79. The van der Waals surface area contributed by atoms with E-state index in [1.807, 2.05) is 49.7 Å². The molecule has 0 unspecified atom stereocenters. The number of aromatic nitrogens is 2. The van der Waals surface area contributed by atoms with E-state index in [0.29, 0.717) is 18.9 Å². The number of nitrogens with zero attached hydrogens (tertiary/aromatic N) is 3. The van der Waals surface area contributed by atoms with Crippen molar-refractivity contribution in [2.24, 2.45) is 5.92 Å². The van der Waals surface area contributed by atoms with Gasteiger partial charge in [0.25, 0.3) is 0 Å². The smallest absolute Gasteiger partial charge is 0.224 e. The van der Waals surface area contributed by atoms with E-state index in [4.69, 9.17) is 4.42 Å². The van der Waals surface area contributed by atoms with Gasteiger partial charge in [-0.05, 0) is 46.0 Å². The van der Waals surface area contributed by atoms with Gasteiger partial charge in [-0.1, -0.05) is 13.8 Å². The van der Waals surface area contributed by atoms with Crippen LogP contribution in [-0.4, -0.2) is 41.2 Å². The normalized spacial score (nSPS) is 12.8. The van der Waals surface area contributed by atoms with Crippen LogP contribution in [0.25, 0.3) is 0 Å². The summed E-state index contributed by atoms with van der Waals surface area (Å²) in [7, 11) is 3.95. The van der Waals surface area contributed by atoms with E-state index in [0.717, 1.165) is 29.3 Å². The van der Waals surface area contributed by atoms with Crippen LogP contribution in [0.1, 0.15) is 42.6 Å². The number of amides is 1. The zero-order valence-electron chi connectivity index (χ0n) is 16.2. The van der Waals surface area contributed by atoms with Crippen LogP contribution in [0.3, 0.4) is 0 Å². The standard InChI is InChI=1S/C19H30N4O2/c1-13(2)12-23-15(4)16(14(3)21-23)10-19(24)20-11-17(22(5)6)18-8-7-9-25-18/h7-9,13,17H,10-12H2,1-6H3,(H,20,24)/t17-/m1/s1. The van der Waals surface area contributed by atoms with Gasteiger partial charge in [-0.3, -0.25) is 14.4 Å². The molecular weight excluding hydrogens is 316 g/mol. The number of carbonyl (C=O) groups is 1. The Bertz CT molecular complexity index is 687. The number of rotatable bonds is 8. The van der Waals surface area contributed by atoms with Crippen LogP contribution < -0.4 is 5.32 Å². The van der Waals surface area contributed by atoms with Crippen LogP contribution in [0.4, 0.5) is 0 Å². The second-order valence-electron chi connectivity index (χ2n) is 7.20. The Morgan fingerprint density at radius 3 is 2.64 bits per heavy atom. The average Bonchev–Trinajstić information content (AvgIpc) is 3.12. The molecule has 0 spiro atoms. The zero-order chi connectivity index (χ0) is 18.6. The van der Waals surface area contributed by atoms with E-state index < -0.39 is 0 Å². The summed E-state index contributed by atoms with van der Waals surface area (Å²) in [6, 6.07) is 3.81. The molecule has 0 saturated heterocycles. The Morgan fingerprint density at radius 2 is 2.08 bits per heavy atom. The lowest BCUT2D eigenvalue weighted by atomic mass is 10.1. The van der Waals surface area contributed by atoms with Gasteiger partial charge in [0, 0.05) is 24.3 Å². The van der Waals surface area contributed by atoms with Gasteiger partial charge in [-0.2, -0.15) is 5.10 Å². The SMILES string of the molecule is Cc1nn(CC(C)C)c(C)c1CC(=O)NC[C@H](c1ccco1)N(C)C. The Hall–Kier alpha value is -2.08. The van der Waals surface area contributed by atoms with Crippen molar-refractivity contribution in [2.75, 3.05) is 20.6 Å². The maximum absolute atomic E-state index is 12.4. The topological polar surface area (TPSA) is 63.3 Å². The fourth-order valence-electron chi connectivity index (χ4n) is 2.97. The molecule has 2 heterocycles. The van der Waals surface area contributed by atoms with Crippen LogP contribution >= 0.6 is 0 Å². The molecule has 0 aliphatic heterocycles. The Kier molecular flexibility index (Phi) is 6.42. The summed E-state index contributed by atoms with van der Waals surface area (Å²) in [5, 5.41) is 7.61. The third-order valence-electron chi connectivity index (χ3n) is 4.39. The fourth-order valence-corrected chi connectivity index (χ4v) is 2.97. The molecule has 0 saturated carbocycles. The monoisotopic (exact) mass is 346 g/mol. The van der Waals surface area contributed by atoms with Crippen molar-refractivity contribution in [3.8, 4) is 0 Å². The second-order valence-corrected chi connectivity index (χ2v) is 7.20. The molecule has 0 aliphatic carbocycles. The Labute approximate surface area is 150 Å². The first-order valence-electron chi connectivity index (χ1n) is 8.79. The Balaban J connectivity index is 1.99. The first kappa shape index (κ1) is 19.2. The van der Waals surface area contributed by atoms with Gasteiger partial charge in [-0.25, -0.2) is 0 Å². The number of hydrogen-bond acceptors (Lipinski definition) is 4. The summed E-state index contributed by atoms with van der Waals surface area (Å²) in [5.74, 6) is 1.38. The van der Waals surface area contributed by atoms with Gasteiger partial charge < -0.3 is 9.73 Å². The van der Waals surface area contributed by atoms with E-state index in [-0.39, 0.29) is 11.9 Å². The molecule has 1 N–H and O–H groups in total. The summed E-state index contributed by atoms with van der Waals surface area (Å²) >= 11 is 0. The summed E-state index contributed by atoms with van der Waals surface area (Å²) in [4.78, 5) is 14.5. The number of aryl methyl sites for hydroxylation is 1. The van der Waals surface area contributed by atoms with Crippen molar-refractivity contribution in [1.29, 1.82) is 0 Å². The number of likely N-dealkylation sites (N-methyl/N-ethyl adjacent to an activating group) is 1. The van der Waals surface area contributed by atoms with Crippen molar-refractivity contribution in [1.82, 2.24) is 20.0 Å². The van der Waals surface area contributed by atoms with E-state index >= 15 is 0 Å². The minimum absolute atomic E-state index is 0.00806. The molecule has 1 atom stereocenters. The molecule has 25 heavy (non-hydrogen) atoms. The molecular formula is C19H30N4O2. The highest BCUT2D eigenvalue weighted by Gasteiger charge is 2.19. The molecule has 138 valence electrons. The van der Waals surface area contributed by atoms with E-state index in [9.17, 15) is 4.79 Å². The van der Waals surface area contributed by atoms with Gasteiger partial charge in [0.05, 0.1) is 24.4 Å². The van der Waals surface area contributed by atoms with Gasteiger partial charge in [0.1, 0.15) is 5.76 Å². The van der Waals surface area contributed by atoms with Crippen LogP contribution in [0, 0.1) is 19.8 Å². The predicted molar refractivity (Wildman–Crippen MR) is 98.4 cm³/mol. The van der Waals surface area contributed by atoms with Gasteiger partial charge in [-0.15, -0.1) is 0 Å². The molecule has 0 fully saturated rings. The molecule has 0 radical (unpaired) electrons. The molecule has 2 aromatic heterocycles. The average molecular weight is 346 g/mol. The Morgan fingerprint density at radius 1 is 1.36 bits per heavy atom. The zero-order valence-corrected chi connectivity index (χ0v) is 16.2. The van der Waals surface area contributed by atoms with Gasteiger partial charge in [0.15, 0.2) is 0 Å². The van der Waals surface area contributed by atoms with E-state index in [1.165, 1.54) is 0 Å². The molecule has 0 aromatic carbocycles. The van der Waals surface area contributed by atoms with Crippen molar-refractivity contribution in [3.63, 3.8) is 0 Å². The van der Waals surface area contributed by atoms with Gasteiger partial charge in [0.2, 0.25) is 5.91 Å². The molecule has 1 amide bonds. The maximum atomic E-state index is 12.4. The van der Waals surface area contributed by atoms with Crippen LogP contribution in [0.2, 0.25) is 0 Å². The summed E-state index contributed by atoms with van der Waals surface area (Å²) in [6.07, 6.45) is 2.01. The molecule has 6 nitrogen and oxygen atoms in total. The third kappa shape index (κ3) is 4.95. The highest BCUT2D eigenvalue weighted by molar-refractivity contribution is 5.79. The quantitative estimate of drug-likeness (QED) is 0.798. The van der Waals surface area contributed by atoms with Crippen LogP contribution in [-0.2, 0) is 17.8 Å². The van der Waals surface area contributed by atoms with E-state index in [2.05, 4.69) is 24.3 Å². The fraction of sp³-hybridized carbons (Fsp3) is 0.579. The lowest BCUT2D eigenvalue weighted by Gasteiger charge is -2.22. The maximum Gasteiger partial charge on any atom is 0.224 e. The molecule has 6 heteroatoms. The first-order chi connectivity index (χ1) is 11.8. The molecule has 2 rings (SSSR count). The number of furan rings is 1. The third-order valence-corrected chi connectivity index (χ3v) is 4.39. The highest BCUT2D eigenvalue weighted by atomic mass is 16.3. The minimum Gasteiger partial charge on any atom is -0.468 e. The molecule has 2 aromatic rings. The predicted octanol–water partition coefficient (Wildman–Crippen LogP) is 2.71. The minimum atomic E-state index is 0.00806. The molecule has 0 aliphatic rings. The van der Waals surface area contributed by atoms with Crippen molar-refractivity contribution in [2.45, 2.75) is 46.7 Å². The van der Waals surface area contributed by atoms with Gasteiger partial charge >= 0.3 is 0 Å². The number of hydrogen-bond donors (Lipinski definition) is 1. The highest BCUT2D eigenvalue weighted by Crippen LogP contribution is 2.18. The van der Waals surface area contributed by atoms with Crippen molar-refractivity contribution < 1.29 is 9.21 Å². The summed E-state index contributed by atoms with van der Waals surface area (Å²) in [6.45, 7) is 9.72. The van der Waals surface area contributed by atoms with Crippen molar-refractivity contribution >= 4 is 5.91 Å². The number of carbonyl (C=O) groups excluding carboxylic acids is 1. The summed E-state index contributed by atoms with van der Waals surface area (Å²) in [5.41, 5.74) is 3.04. The van der Waals surface area contributed by atoms with E-state index in [1.54, 1.807) is 6.26 Å².